The molecule has 0 saturated carbocycles. The van der Waals surface area contributed by atoms with Crippen molar-refractivity contribution in [3.05, 3.63) is 58.9 Å². The first-order valence-electron chi connectivity index (χ1n) is 5.01. The van der Waals surface area contributed by atoms with Gasteiger partial charge >= 0.3 is 0 Å². The van der Waals surface area contributed by atoms with Crippen LogP contribution in [0.25, 0.3) is 0 Å². The molecular formula is C13H10ClNO2. The van der Waals surface area contributed by atoms with E-state index >= 15 is 0 Å². The number of carbonyl (C=O) groups is 1. The number of halogens is 1. The Morgan fingerprint density at radius 2 is 2.00 bits per heavy atom. The second-order valence-electron chi connectivity index (χ2n) is 3.39. The first kappa shape index (κ1) is 11.6. The lowest BCUT2D eigenvalue weighted by Crippen LogP contribution is -2.05. The normalized spacial score (nSPS) is 10.0. The number of aromatic nitrogens is 1. The van der Waals surface area contributed by atoms with Crippen molar-refractivity contribution >= 4 is 17.4 Å². The van der Waals surface area contributed by atoms with Gasteiger partial charge in [-0.2, -0.15) is 0 Å². The van der Waals surface area contributed by atoms with Crippen LogP contribution in [0.15, 0.2) is 42.6 Å². The quantitative estimate of drug-likeness (QED) is 0.783. The fourth-order valence-electron chi connectivity index (χ4n) is 1.48. The second kappa shape index (κ2) is 4.97. The number of pyridine rings is 1. The highest BCUT2D eigenvalue weighted by atomic mass is 35.5. The van der Waals surface area contributed by atoms with Gasteiger partial charge in [-0.3, -0.25) is 9.78 Å². The van der Waals surface area contributed by atoms with Gasteiger partial charge in [0.25, 0.3) is 0 Å². The first-order chi connectivity index (χ1) is 8.22. The molecule has 86 valence electrons. The van der Waals surface area contributed by atoms with Gasteiger partial charge in [0.05, 0.1) is 17.7 Å². The van der Waals surface area contributed by atoms with E-state index in [-0.39, 0.29) is 5.78 Å². The average molecular weight is 248 g/mol. The highest BCUT2D eigenvalue weighted by Gasteiger charge is 2.14. The zero-order valence-electron chi connectivity index (χ0n) is 9.18. The molecule has 0 bridgehead atoms. The Kier molecular flexibility index (Phi) is 3.40. The third kappa shape index (κ3) is 2.45. The predicted molar refractivity (Wildman–Crippen MR) is 65.7 cm³/mol. The van der Waals surface area contributed by atoms with Crippen LogP contribution < -0.4 is 4.74 Å². The van der Waals surface area contributed by atoms with Crippen molar-refractivity contribution in [2.45, 2.75) is 0 Å². The maximum atomic E-state index is 12.2. The van der Waals surface area contributed by atoms with Crippen molar-refractivity contribution < 1.29 is 9.53 Å². The minimum absolute atomic E-state index is 0.181. The van der Waals surface area contributed by atoms with E-state index in [0.29, 0.717) is 22.0 Å². The summed E-state index contributed by atoms with van der Waals surface area (Å²) in [6.07, 6.45) is 1.45. The van der Waals surface area contributed by atoms with Gasteiger partial charge in [-0.05, 0) is 24.3 Å². The Labute approximate surface area is 104 Å². The van der Waals surface area contributed by atoms with Crippen molar-refractivity contribution in [3.63, 3.8) is 0 Å². The molecule has 0 fully saturated rings. The molecule has 0 atom stereocenters. The van der Waals surface area contributed by atoms with E-state index in [2.05, 4.69) is 4.98 Å². The van der Waals surface area contributed by atoms with Gasteiger partial charge in [-0.15, -0.1) is 0 Å². The molecule has 0 aliphatic rings. The predicted octanol–water partition coefficient (Wildman–Crippen LogP) is 2.97. The van der Waals surface area contributed by atoms with Gasteiger partial charge in [-0.1, -0.05) is 23.7 Å². The van der Waals surface area contributed by atoms with Crippen molar-refractivity contribution in [1.29, 1.82) is 0 Å². The molecule has 2 rings (SSSR count). The SMILES string of the molecule is COc1ccccc1C(=O)c1ccc(Cl)cn1. The van der Waals surface area contributed by atoms with E-state index in [4.69, 9.17) is 16.3 Å². The van der Waals surface area contributed by atoms with Gasteiger partial charge in [0.1, 0.15) is 11.4 Å². The van der Waals surface area contributed by atoms with E-state index in [9.17, 15) is 4.79 Å². The molecule has 0 saturated heterocycles. The van der Waals surface area contributed by atoms with E-state index in [1.807, 2.05) is 6.07 Å². The third-order valence-corrected chi connectivity index (χ3v) is 2.54. The smallest absolute Gasteiger partial charge is 0.215 e. The minimum atomic E-state index is -0.181. The van der Waals surface area contributed by atoms with Gasteiger partial charge in [-0.25, -0.2) is 0 Å². The van der Waals surface area contributed by atoms with Crippen LogP contribution in [0.5, 0.6) is 5.75 Å². The number of benzene rings is 1. The van der Waals surface area contributed by atoms with Crippen LogP contribution in [0, 0.1) is 0 Å². The molecule has 17 heavy (non-hydrogen) atoms. The van der Waals surface area contributed by atoms with Crippen LogP contribution in [0.1, 0.15) is 16.1 Å². The van der Waals surface area contributed by atoms with Gasteiger partial charge < -0.3 is 4.74 Å². The lowest BCUT2D eigenvalue weighted by atomic mass is 10.1. The fraction of sp³-hybridized carbons (Fsp3) is 0.0769. The number of ketones is 1. The zero-order chi connectivity index (χ0) is 12.3. The number of rotatable bonds is 3. The van der Waals surface area contributed by atoms with Crippen LogP contribution in [-0.2, 0) is 0 Å². The number of ether oxygens (including phenoxy) is 1. The molecule has 0 radical (unpaired) electrons. The van der Waals surface area contributed by atoms with E-state index < -0.39 is 0 Å². The van der Waals surface area contributed by atoms with Gasteiger partial charge in [0.2, 0.25) is 5.78 Å². The standard InChI is InChI=1S/C13H10ClNO2/c1-17-12-5-3-2-4-10(12)13(16)11-7-6-9(14)8-15-11/h2-8H,1H3. The summed E-state index contributed by atoms with van der Waals surface area (Å²) in [4.78, 5) is 16.1. The van der Waals surface area contributed by atoms with Crippen LogP contribution in [0.4, 0.5) is 0 Å². The summed E-state index contributed by atoms with van der Waals surface area (Å²) >= 11 is 5.72. The maximum absolute atomic E-state index is 12.2. The molecule has 4 heteroatoms. The summed E-state index contributed by atoms with van der Waals surface area (Å²) in [5.41, 5.74) is 0.837. The third-order valence-electron chi connectivity index (χ3n) is 2.31. The Balaban J connectivity index is 2.40. The molecule has 0 unspecified atom stereocenters. The fourth-order valence-corrected chi connectivity index (χ4v) is 1.59. The largest absolute Gasteiger partial charge is 0.496 e. The number of hydrogen-bond acceptors (Lipinski definition) is 3. The Morgan fingerprint density at radius 3 is 2.65 bits per heavy atom. The van der Waals surface area contributed by atoms with Crippen LogP contribution in [0.3, 0.4) is 0 Å². The topological polar surface area (TPSA) is 39.2 Å². The van der Waals surface area contributed by atoms with Crippen molar-refractivity contribution in [1.82, 2.24) is 4.98 Å². The zero-order valence-corrected chi connectivity index (χ0v) is 9.94. The minimum Gasteiger partial charge on any atom is -0.496 e. The maximum Gasteiger partial charge on any atom is 0.215 e. The molecule has 2 aromatic rings. The number of para-hydroxylation sites is 1. The molecule has 0 N–H and O–H groups in total. The summed E-state index contributed by atoms with van der Waals surface area (Å²) in [6, 6.07) is 10.3. The Morgan fingerprint density at radius 1 is 1.24 bits per heavy atom. The average Bonchev–Trinajstić information content (AvgIpc) is 2.39. The molecule has 1 heterocycles. The lowest BCUT2D eigenvalue weighted by Gasteiger charge is -2.06. The second-order valence-corrected chi connectivity index (χ2v) is 3.83. The molecule has 3 nitrogen and oxygen atoms in total. The first-order valence-corrected chi connectivity index (χ1v) is 5.39. The van der Waals surface area contributed by atoms with E-state index in [0.717, 1.165) is 0 Å². The Hall–Kier alpha value is -1.87. The Bertz CT molecular complexity index is 537. The number of hydrogen-bond donors (Lipinski definition) is 0. The number of nitrogens with zero attached hydrogens (tertiary/aromatic N) is 1. The van der Waals surface area contributed by atoms with Crippen LogP contribution in [0.2, 0.25) is 5.02 Å². The highest BCUT2D eigenvalue weighted by molar-refractivity contribution is 6.30. The molecule has 1 aromatic carbocycles. The van der Waals surface area contributed by atoms with Crippen LogP contribution in [-0.4, -0.2) is 17.9 Å². The lowest BCUT2D eigenvalue weighted by molar-refractivity contribution is 0.103. The summed E-state index contributed by atoms with van der Waals surface area (Å²) in [5.74, 6) is 0.355. The van der Waals surface area contributed by atoms with Crippen molar-refractivity contribution in [2.75, 3.05) is 7.11 Å². The van der Waals surface area contributed by atoms with Gasteiger partial charge in [0, 0.05) is 6.20 Å². The highest BCUT2D eigenvalue weighted by Crippen LogP contribution is 2.20. The van der Waals surface area contributed by atoms with Crippen LogP contribution >= 0.6 is 11.6 Å². The number of methoxy groups -OCH3 is 1. The summed E-state index contributed by atoms with van der Waals surface area (Å²) in [7, 11) is 1.53. The molecule has 1 aromatic heterocycles. The van der Waals surface area contributed by atoms with Crippen molar-refractivity contribution in [2.24, 2.45) is 0 Å². The summed E-state index contributed by atoms with van der Waals surface area (Å²) in [6.45, 7) is 0. The number of carbonyl (C=O) groups excluding carboxylic acids is 1. The monoisotopic (exact) mass is 247 g/mol. The van der Waals surface area contributed by atoms with E-state index in [1.54, 1.807) is 30.3 Å². The molecule has 0 aliphatic carbocycles. The molecule has 0 spiro atoms. The van der Waals surface area contributed by atoms with Gasteiger partial charge in [0.15, 0.2) is 0 Å². The summed E-state index contributed by atoms with van der Waals surface area (Å²) in [5, 5.41) is 0.501. The molecule has 0 aliphatic heterocycles. The summed E-state index contributed by atoms with van der Waals surface area (Å²) < 4.78 is 5.14. The van der Waals surface area contributed by atoms with Crippen molar-refractivity contribution in [3.8, 4) is 5.75 Å². The molecular weight excluding hydrogens is 238 g/mol. The van der Waals surface area contributed by atoms with E-state index in [1.165, 1.54) is 13.3 Å². The molecule has 0 amide bonds.